The summed E-state index contributed by atoms with van der Waals surface area (Å²) in [6, 6.07) is 5.01. The van der Waals surface area contributed by atoms with E-state index in [1.807, 2.05) is 4.90 Å². The number of amides is 1. The minimum absolute atomic E-state index is 0. The predicted octanol–water partition coefficient (Wildman–Crippen LogP) is 2.82. The van der Waals surface area contributed by atoms with E-state index in [0.717, 1.165) is 19.6 Å². The zero-order chi connectivity index (χ0) is 14.3. The lowest BCUT2D eigenvalue weighted by Crippen LogP contribution is -2.51. The number of nitrogens with zero attached hydrogens (tertiary/aromatic N) is 1. The lowest BCUT2D eigenvalue weighted by Gasteiger charge is -2.32. The highest BCUT2D eigenvalue weighted by molar-refractivity contribution is 6.31. The van der Waals surface area contributed by atoms with Crippen LogP contribution in [0.1, 0.15) is 24.8 Å². The number of benzene rings is 1. The van der Waals surface area contributed by atoms with E-state index in [2.05, 4.69) is 12.2 Å². The summed E-state index contributed by atoms with van der Waals surface area (Å²) in [7, 11) is 0. The molecule has 2 aliphatic rings. The number of rotatable bonds is 2. The van der Waals surface area contributed by atoms with Crippen molar-refractivity contribution in [3.63, 3.8) is 0 Å². The molecule has 3 atom stereocenters. The number of carbonyl (C=O) groups excluding carboxylic acids is 1. The van der Waals surface area contributed by atoms with E-state index < -0.39 is 0 Å². The Morgan fingerprint density at radius 1 is 1.48 bits per heavy atom. The molecule has 1 heterocycles. The molecule has 0 spiro atoms. The smallest absolute Gasteiger partial charge is 0.226 e. The monoisotopic (exact) mass is 332 g/mol. The fraction of sp³-hybridized carbons (Fsp3) is 0.533. The van der Waals surface area contributed by atoms with Gasteiger partial charge in [-0.1, -0.05) is 17.7 Å². The standard InChI is InChI=1S/C15H18ClFN2O.ClH/c1-9-8-19(6-5-18-9)15(20)11-7-10(11)14-12(16)3-2-4-13(14)17;/h2-4,9-11,18H,5-8H2,1H3;1H. The van der Waals surface area contributed by atoms with Gasteiger partial charge in [-0.05, 0) is 25.5 Å². The van der Waals surface area contributed by atoms with Crippen LogP contribution in [0.3, 0.4) is 0 Å². The highest BCUT2D eigenvalue weighted by atomic mass is 35.5. The molecule has 3 nitrogen and oxygen atoms in total. The summed E-state index contributed by atoms with van der Waals surface area (Å²) in [4.78, 5) is 14.3. The Kier molecular flexibility index (Phi) is 5.12. The lowest BCUT2D eigenvalue weighted by atomic mass is 10.1. The minimum atomic E-state index is -0.300. The molecule has 1 aliphatic heterocycles. The maximum absolute atomic E-state index is 13.9. The first-order valence-electron chi connectivity index (χ1n) is 7.04. The van der Waals surface area contributed by atoms with E-state index in [9.17, 15) is 9.18 Å². The van der Waals surface area contributed by atoms with Crippen LogP contribution in [-0.2, 0) is 4.79 Å². The average Bonchev–Trinajstić information content (AvgIpc) is 3.18. The van der Waals surface area contributed by atoms with Crippen LogP contribution in [0.5, 0.6) is 0 Å². The second-order valence-electron chi connectivity index (χ2n) is 5.72. The third-order valence-electron chi connectivity index (χ3n) is 4.16. The van der Waals surface area contributed by atoms with Gasteiger partial charge in [0, 0.05) is 48.1 Å². The zero-order valence-corrected chi connectivity index (χ0v) is 13.4. The molecule has 21 heavy (non-hydrogen) atoms. The molecule has 1 amide bonds. The van der Waals surface area contributed by atoms with Crippen molar-refractivity contribution in [2.75, 3.05) is 19.6 Å². The number of halogens is 3. The first kappa shape index (κ1) is 16.5. The fourth-order valence-electron chi connectivity index (χ4n) is 3.02. The maximum Gasteiger partial charge on any atom is 0.226 e. The zero-order valence-electron chi connectivity index (χ0n) is 11.8. The van der Waals surface area contributed by atoms with Crippen LogP contribution in [0.25, 0.3) is 0 Å². The molecule has 1 aromatic carbocycles. The average molecular weight is 333 g/mol. The third-order valence-corrected chi connectivity index (χ3v) is 4.49. The van der Waals surface area contributed by atoms with E-state index in [4.69, 9.17) is 11.6 Å². The van der Waals surface area contributed by atoms with Gasteiger partial charge in [-0.15, -0.1) is 12.4 Å². The summed E-state index contributed by atoms with van der Waals surface area (Å²) in [5.74, 6) is -0.315. The van der Waals surface area contributed by atoms with Crippen molar-refractivity contribution in [3.8, 4) is 0 Å². The Morgan fingerprint density at radius 3 is 2.90 bits per heavy atom. The van der Waals surface area contributed by atoms with E-state index in [1.54, 1.807) is 12.1 Å². The van der Waals surface area contributed by atoms with Crippen LogP contribution in [0.4, 0.5) is 4.39 Å². The van der Waals surface area contributed by atoms with Gasteiger partial charge in [-0.2, -0.15) is 0 Å². The van der Waals surface area contributed by atoms with Crippen molar-refractivity contribution in [2.45, 2.75) is 25.3 Å². The Balaban J connectivity index is 0.00000161. The van der Waals surface area contributed by atoms with E-state index in [1.165, 1.54) is 6.07 Å². The summed E-state index contributed by atoms with van der Waals surface area (Å²) < 4.78 is 13.9. The van der Waals surface area contributed by atoms with Gasteiger partial charge in [0.2, 0.25) is 5.91 Å². The quantitative estimate of drug-likeness (QED) is 0.903. The molecule has 1 saturated heterocycles. The van der Waals surface area contributed by atoms with Crippen LogP contribution in [-0.4, -0.2) is 36.5 Å². The highest BCUT2D eigenvalue weighted by Gasteiger charge is 2.48. The second kappa shape index (κ2) is 6.51. The van der Waals surface area contributed by atoms with Crippen molar-refractivity contribution >= 4 is 29.9 Å². The SMILES string of the molecule is CC1CN(C(=O)C2CC2c2c(F)cccc2Cl)CCN1.Cl. The molecule has 1 N–H and O–H groups in total. The van der Waals surface area contributed by atoms with E-state index in [0.29, 0.717) is 23.0 Å². The molecule has 3 rings (SSSR count). The van der Waals surface area contributed by atoms with Crippen molar-refractivity contribution < 1.29 is 9.18 Å². The summed E-state index contributed by atoms with van der Waals surface area (Å²) >= 11 is 6.07. The Morgan fingerprint density at radius 2 is 2.24 bits per heavy atom. The lowest BCUT2D eigenvalue weighted by molar-refractivity contribution is -0.133. The molecule has 1 saturated carbocycles. The van der Waals surface area contributed by atoms with Gasteiger partial charge in [0.15, 0.2) is 0 Å². The Hall–Kier alpha value is -0.840. The highest BCUT2D eigenvalue weighted by Crippen LogP contribution is 2.51. The van der Waals surface area contributed by atoms with Gasteiger partial charge in [0.25, 0.3) is 0 Å². The molecule has 6 heteroatoms. The molecule has 0 bridgehead atoms. The Labute approximate surface area is 135 Å². The van der Waals surface area contributed by atoms with Gasteiger partial charge in [0.05, 0.1) is 0 Å². The van der Waals surface area contributed by atoms with Gasteiger partial charge >= 0.3 is 0 Å². The predicted molar refractivity (Wildman–Crippen MR) is 83.6 cm³/mol. The summed E-state index contributed by atoms with van der Waals surface area (Å²) in [5.41, 5.74) is 0.510. The van der Waals surface area contributed by atoms with E-state index >= 15 is 0 Å². The largest absolute Gasteiger partial charge is 0.340 e. The molecule has 116 valence electrons. The topological polar surface area (TPSA) is 32.3 Å². The Bertz CT molecular complexity index is 520. The second-order valence-corrected chi connectivity index (χ2v) is 6.13. The first-order valence-corrected chi connectivity index (χ1v) is 7.42. The third kappa shape index (κ3) is 3.33. The summed E-state index contributed by atoms with van der Waals surface area (Å²) in [6.45, 7) is 4.35. The molecular weight excluding hydrogens is 314 g/mol. The van der Waals surface area contributed by atoms with Crippen molar-refractivity contribution in [1.82, 2.24) is 10.2 Å². The van der Waals surface area contributed by atoms with Crippen LogP contribution in [0.2, 0.25) is 5.02 Å². The van der Waals surface area contributed by atoms with Crippen molar-refractivity contribution in [2.24, 2.45) is 5.92 Å². The first-order chi connectivity index (χ1) is 9.58. The molecule has 2 fully saturated rings. The number of nitrogens with one attached hydrogen (secondary N) is 1. The molecular formula is C15H19Cl2FN2O. The van der Waals surface area contributed by atoms with Crippen molar-refractivity contribution in [3.05, 3.63) is 34.6 Å². The van der Waals surface area contributed by atoms with Gasteiger partial charge in [-0.25, -0.2) is 4.39 Å². The summed E-state index contributed by atoms with van der Waals surface area (Å²) in [6.07, 6.45) is 0.706. The van der Waals surface area contributed by atoms with Crippen LogP contribution in [0, 0.1) is 11.7 Å². The molecule has 0 radical (unpaired) electrons. The van der Waals surface area contributed by atoms with Crippen LogP contribution in [0.15, 0.2) is 18.2 Å². The summed E-state index contributed by atoms with van der Waals surface area (Å²) in [5, 5.41) is 3.74. The van der Waals surface area contributed by atoms with Crippen LogP contribution >= 0.6 is 24.0 Å². The number of carbonyl (C=O) groups is 1. The number of hydrogen-bond acceptors (Lipinski definition) is 2. The normalized spacial score (nSPS) is 28.0. The minimum Gasteiger partial charge on any atom is -0.340 e. The van der Waals surface area contributed by atoms with Gasteiger partial charge in [0.1, 0.15) is 5.82 Å². The van der Waals surface area contributed by atoms with Gasteiger partial charge in [-0.3, -0.25) is 4.79 Å². The van der Waals surface area contributed by atoms with E-state index in [-0.39, 0.29) is 36.0 Å². The van der Waals surface area contributed by atoms with Gasteiger partial charge < -0.3 is 10.2 Å². The van der Waals surface area contributed by atoms with Crippen LogP contribution < -0.4 is 5.32 Å². The maximum atomic E-state index is 13.9. The number of hydrogen-bond donors (Lipinski definition) is 1. The molecule has 1 aliphatic carbocycles. The molecule has 0 aromatic heterocycles. The number of piperazine rings is 1. The molecule has 3 unspecified atom stereocenters. The van der Waals surface area contributed by atoms with Crippen molar-refractivity contribution in [1.29, 1.82) is 0 Å². The molecule has 1 aromatic rings. The fourth-order valence-corrected chi connectivity index (χ4v) is 3.32.